The van der Waals surface area contributed by atoms with E-state index in [4.69, 9.17) is 4.74 Å². The number of imide groups is 1. The molecule has 1 heterocycles. The lowest BCUT2D eigenvalue weighted by Gasteiger charge is -2.22. The van der Waals surface area contributed by atoms with Gasteiger partial charge in [0.05, 0.1) is 18.4 Å². The molecule has 5 heteroatoms. The highest BCUT2D eigenvalue weighted by molar-refractivity contribution is 6.45. The van der Waals surface area contributed by atoms with Gasteiger partial charge in [0.25, 0.3) is 11.8 Å². The first kappa shape index (κ1) is 20.4. The van der Waals surface area contributed by atoms with Gasteiger partial charge in [0, 0.05) is 19.2 Å². The third kappa shape index (κ3) is 3.82. The highest BCUT2D eigenvalue weighted by atomic mass is 16.5. The molecule has 0 bridgehead atoms. The number of carbonyl (C=O) groups excluding carboxylic acids is 2. The molecule has 0 spiro atoms. The summed E-state index contributed by atoms with van der Waals surface area (Å²) in [5.74, 6) is -0.142. The van der Waals surface area contributed by atoms with Crippen LogP contribution in [0.4, 0.5) is 5.69 Å². The minimum absolute atomic E-state index is 0.340. The fraction of sp³-hybridized carbons (Fsp3) is 0.154. The number of likely N-dealkylation sites (N-methyl/N-ethyl adjacent to an activating group) is 1. The lowest BCUT2D eigenvalue weighted by Crippen LogP contribution is -2.34. The fourth-order valence-electron chi connectivity index (χ4n) is 3.83. The van der Waals surface area contributed by atoms with Crippen LogP contribution in [0.3, 0.4) is 0 Å². The molecular formula is C26H24N2O3. The number of benzene rings is 3. The lowest BCUT2D eigenvalue weighted by molar-refractivity contribution is -0.120. The van der Waals surface area contributed by atoms with Crippen LogP contribution in [0, 0.1) is 6.92 Å². The second-order valence-corrected chi connectivity index (χ2v) is 7.55. The number of aryl methyl sites for hydroxylation is 1. The van der Waals surface area contributed by atoms with Crippen LogP contribution in [0.2, 0.25) is 0 Å². The van der Waals surface area contributed by atoms with Gasteiger partial charge in [-0.3, -0.25) is 9.59 Å². The van der Waals surface area contributed by atoms with Gasteiger partial charge in [0.1, 0.15) is 11.4 Å². The van der Waals surface area contributed by atoms with E-state index in [0.717, 1.165) is 11.1 Å². The summed E-state index contributed by atoms with van der Waals surface area (Å²) in [4.78, 5) is 30.3. The Bertz CT molecular complexity index is 1150. The van der Waals surface area contributed by atoms with Crippen molar-refractivity contribution in [3.8, 4) is 5.75 Å². The number of amides is 2. The molecule has 5 nitrogen and oxygen atoms in total. The van der Waals surface area contributed by atoms with Gasteiger partial charge in [-0.2, -0.15) is 0 Å². The van der Waals surface area contributed by atoms with Gasteiger partial charge in [0.15, 0.2) is 0 Å². The normalized spacial score (nSPS) is 13.7. The number of rotatable bonds is 6. The number of hydrogen-bond donors (Lipinski definition) is 0. The van der Waals surface area contributed by atoms with Crippen LogP contribution in [-0.2, 0) is 16.1 Å². The van der Waals surface area contributed by atoms with Gasteiger partial charge >= 0.3 is 0 Å². The van der Waals surface area contributed by atoms with Crippen molar-refractivity contribution >= 4 is 23.1 Å². The number of hydrogen-bond acceptors (Lipinski definition) is 4. The molecular weight excluding hydrogens is 388 g/mol. The molecule has 3 aromatic carbocycles. The molecule has 0 unspecified atom stereocenters. The van der Waals surface area contributed by atoms with Crippen molar-refractivity contribution < 1.29 is 14.3 Å². The number of methoxy groups -OCH3 is 1. The summed E-state index contributed by atoms with van der Waals surface area (Å²) in [5, 5.41) is 0. The molecule has 31 heavy (non-hydrogen) atoms. The summed E-state index contributed by atoms with van der Waals surface area (Å²) in [6, 6.07) is 24.5. The molecule has 0 radical (unpaired) electrons. The largest absolute Gasteiger partial charge is 0.496 e. The maximum atomic E-state index is 13.6. The Kier molecular flexibility index (Phi) is 5.58. The molecule has 156 valence electrons. The van der Waals surface area contributed by atoms with Crippen LogP contribution in [0.1, 0.15) is 16.7 Å². The van der Waals surface area contributed by atoms with Crippen molar-refractivity contribution in [1.29, 1.82) is 0 Å². The first-order chi connectivity index (χ1) is 15.0. The number of para-hydroxylation sites is 1. The summed E-state index contributed by atoms with van der Waals surface area (Å²) in [7, 11) is 3.40. The molecule has 0 fully saturated rings. The second-order valence-electron chi connectivity index (χ2n) is 7.55. The Morgan fingerprint density at radius 1 is 0.839 bits per heavy atom. The highest BCUT2D eigenvalue weighted by Crippen LogP contribution is 2.38. The topological polar surface area (TPSA) is 49.9 Å². The van der Waals surface area contributed by atoms with Crippen LogP contribution in [0.5, 0.6) is 5.75 Å². The van der Waals surface area contributed by atoms with Gasteiger partial charge in [-0.05, 0) is 30.7 Å². The van der Waals surface area contributed by atoms with Crippen molar-refractivity contribution in [3.05, 3.63) is 101 Å². The van der Waals surface area contributed by atoms with Crippen LogP contribution in [0.25, 0.3) is 5.57 Å². The van der Waals surface area contributed by atoms with E-state index < -0.39 is 0 Å². The van der Waals surface area contributed by atoms with Gasteiger partial charge < -0.3 is 9.64 Å². The zero-order valence-electron chi connectivity index (χ0n) is 17.8. The molecule has 0 aromatic heterocycles. The first-order valence-corrected chi connectivity index (χ1v) is 10.1. The number of nitrogens with zero attached hydrogens (tertiary/aromatic N) is 2. The van der Waals surface area contributed by atoms with E-state index in [1.54, 1.807) is 25.3 Å². The fourth-order valence-corrected chi connectivity index (χ4v) is 3.83. The van der Waals surface area contributed by atoms with Crippen LogP contribution >= 0.6 is 0 Å². The Morgan fingerprint density at radius 2 is 1.48 bits per heavy atom. The zero-order chi connectivity index (χ0) is 22.0. The maximum Gasteiger partial charge on any atom is 0.282 e. The molecule has 0 N–H and O–H groups in total. The monoisotopic (exact) mass is 412 g/mol. The predicted octanol–water partition coefficient (Wildman–Crippen LogP) is 4.42. The van der Waals surface area contributed by atoms with Gasteiger partial charge in [-0.1, -0.05) is 66.2 Å². The Labute approximate surface area is 182 Å². The van der Waals surface area contributed by atoms with Crippen molar-refractivity contribution in [2.45, 2.75) is 13.5 Å². The SMILES string of the molecule is COc1ccccc1C1=C(N(C)Cc2ccccc2)C(=O)N(c2ccc(C)cc2)C1=O. The molecule has 3 aromatic rings. The van der Waals surface area contributed by atoms with E-state index in [2.05, 4.69) is 0 Å². The summed E-state index contributed by atoms with van der Waals surface area (Å²) < 4.78 is 5.51. The van der Waals surface area contributed by atoms with Gasteiger partial charge in [0.2, 0.25) is 0 Å². The average molecular weight is 412 g/mol. The standard InChI is InChI=1S/C26H24N2O3/c1-18-13-15-20(16-14-18)28-25(29)23(21-11-7-8-12-22(21)31-3)24(26(28)30)27(2)17-19-9-5-4-6-10-19/h4-16H,17H2,1-3H3. The summed E-state index contributed by atoms with van der Waals surface area (Å²) in [6.45, 7) is 2.46. The Morgan fingerprint density at radius 3 is 2.16 bits per heavy atom. The summed E-state index contributed by atoms with van der Waals surface area (Å²) in [6.07, 6.45) is 0. The number of anilines is 1. The number of carbonyl (C=O) groups is 2. The minimum atomic E-state index is -0.353. The quantitative estimate of drug-likeness (QED) is 0.563. The highest BCUT2D eigenvalue weighted by Gasteiger charge is 2.42. The molecule has 0 saturated carbocycles. The molecule has 1 aliphatic heterocycles. The Balaban J connectivity index is 1.83. The van der Waals surface area contributed by atoms with E-state index >= 15 is 0 Å². The number of ether oxygens (including phenoxy) is 1. The van der Waals surface area contributed by atoms with E-state index in [9.17, 15) is 9.59 Å². The smallest absolute Gasteiger partial charge is 0.282 e. The van der Waals surface area contributed by atoms with Crippen molar-refractivity contribution in [2.24, 2.45) is 0 Å². The molecule has 0 atom stereocenters. The average Bonchev–Trinajstić information content (AvgIpc) is 3.05. The zero-order valence-corrected chi connectivity index (χ0v) is 17.8. The second kappa shape index (κ2) is 8.48. The third-order valence-corrected chi connectivity index (χ3v) is 5.37. The first-order valence-electron chi connectivity index (χ1n) is 10.1. The Hall–Kier alpha value is -3.86. The van der Waals surface area contributed by atoms with E-state index in [0.29, 0.717) is 34.8 Å². The van der Waals surface area contributed by atoms with Crippen molar-refractivity contribution in [2.75, 3.05) is 19.1 Å². The molecule has 0 saturated heterocycles. The molecule has 1 aliphatic rings. The van der Waals surface area contributed by atoms with E-state index in [1.165, 1.54) is 4.90 Å². The summed E-state index contributed by atoms with van der Waals surface area (Å²) >= 11 is 0. The maximum absolute atomic E-state index is 13.6. The molecule has 2 amide bonds. The summed E-state index contributed by atoms with van der Waals surface area (Å²) in [5.41, 5.74) is 3.97. The van der Waals surface area contributed by atoms with Crippen molar-refractivity contribution in [3.63, 3.8) is 0 Å². The minimum Gasteiger partial charge on any atom is -0.496 e. The van der Waals surface area contributed by atoms with E-state index in [-0.39, 0.29) is 11.8 Å². The lowest BCUT2D eigenvalue weighted by atomic mass is 10.0. The molecule has 4 rings (SSSR count). The van der Waals surface area contributed by atoms with Gasteiger partial charge in [-0.25, -0.2) is 4.90 Å². The van der Waals surface area contributed by atoms with Crippen molar-refractivity contribution in [1.82, 2.24) is 4.90 Å². The van der Waals surface area contributed by atoms with Gasteiger partial charge in [-0.15, -0.1) is 0 Å². The van der Waals surface area contributed by atoms with E-state index in [1.807, 2.05) is 79.5 Å². The molecule has 0 aliphatic carbocycles. The predicted molar refractivity (Wildman–Crippen MR) is 121 cm³/mol. The van der Waals surface area contributed by atoms with Crippen LogP contribution in [-0.4, -0.2) is 30.9 Å². The third-order valence-electron chi connectivity index (χ3n) is 5.37. The van der Waals surface area contributed by atoms with Crippen LogP contribution in [0.15, 0.2) is 84.6 Å². The van der Waals surface area contributed by atoms with Crippen LogP contribution < -0.4 is 9.64 Å².